The molecule has 0 aliphatic carbocycles. The van der Waals surface area contributed by atoms with Crippen molar-refractivity contribution in [3.63, 3.8) is 0 Å². The van der Waals surface area contributed by atoms with Crippen LogP contribution in [-0.4, -0.2) is 40.1 Å². The lowest BCUT2D eigenvalue weighted by molar-refractivity contribution is 0.0542. The molecule has 4 nitrogen and oxygen atoms in total. The molecule has 1 saturated heterocycles. The molecule has 0 unspecified atom stereocenters. The van der Waals surface area contributed by atoms with E-state index in [-0.39, 0.29) is 12.0 Å². The van der Waals surface area contributed by atoms with E-state index in [1.165, 1.54) is 22.5 Å². The molecule has 116 valence electrons. The number of hydrogen-bond acceptors (Lipinski definition) is 4. The molecule has 1 fully saturated rings. The molecule has 2 aromatic rings. The second kappa shape index (κ2) is 6.18. The maximum Gasteiger partial charge on any atom is 0.273 e. The zero-order chi connectivity index (χ0) is 15.7. The van der Waals surface area contributed by atoms with Crippen LogP contribution in [0, 0.1) is 13.8 Å². The SMILES string of the molecule is Cc1ccc(-c2nc(C(=O)N3CCC(O)CC3)cs2)c(C)c1. The number of aromatic nitrogens is 1. The summed E-state index contributed by atoms with van der Waals surface area (Å²) in [6.07, 6.45) is 1.03. The summed E-state index contributed by atoms with van der Waals surface area (Å²) in [5.74, 6) is -0.0286. The van der Waals surface area contributed by atoms with Gasteiger partial charge in [-0.2, -0.15) is 0 Å². The number of likely N-dealkylation sites (tertiary alicyclic amines) is 1. The van der Waals surface area contributed by atoms with Gasteiger partial charge in [-0.25, -0.2) is 4.98 Å². The van der Waals surface area contributed by atoms with Crippen LogP contribution in [0.15, 0.2) is 23.6 Å². The number of amides is 1. The zero-order valence-electron chi connectivity index (χ0n) is 12.9. The lowest BCUT2D eigenvalue weighted by Gasteiger charge is -2.28. The Morgan fingerprint density at radius 2 is 2.05 bits per heavy atom. The van der Waals surface area contributed by atoms with Crippen molar-refractivity contribution in [3.8, 4) is 10.6 Å². The standard InChI is InChI=1S/C17H20N2O2S/c1-11-3-4-14(12(2)9-11)16-18-15(10-22-16)17(21)19-7-5-13(20)6-8-19/h3-4,9-10,13,20H,5-8H2,1-2H3. The van der Waals surface area contributed by atoms with Crippen LogP contribution in [0.5, 0.6) is 0 Å². The van der Waals surface area contributed by atoms with Crippen LogP contribution in [0.2, 0.25) is 0 Å². The number of aryl methyl sites for hydroxylation is 2. The van der Waals surface area contributed by atoms with Crippen LogP contribution in [0.25, 0.3) is 10.6 Å². The van der Waals surface area contributed by atoms with Crippen LogP contribution in [-0.2, 0) is 0 Å². The van der Waals surface area contributed by atoms with E-state index in [1.807, 2.05) is 5.38 Å². The highest BCUT2D eigenvalue weighted by atomic mass is 32.1. The lowest BCUT2D eigenvalue weighted by atomic mass is 10.1. The zero-order valence-corrected chi connectivity index (χ0v) is 13.7. The van der Waals surface area contributed by atoms with Crippen LogP contribution in [0.1, 0.15) is 34.5 Å². The molecule has 2 heterocycles. The molecule has 1 amide bonds. The van der Waals surface area contributed by atoms with E-state index in [9.17, 15) is 9.90 Å². The fraction of sp³-hybridized carbons (Fsp3) is 0.412. The van der Waals surface area contributed by atoms with Gasteiger partial charge in [-0.1, -0.05) is 23.8 Å². The highest BCUT2D eigenvalue weighted by molar-refractivity contribution is 7.13. The quantitative estimate of drug-likeness (QED) is 0.926. The van der Waals surface area contributed by atoms with Crippen molar-refractivity contribution in [1.29, 1.82) is 0 Å². The Labute approximate surface area is 134 Å². The summed E-state index contributed by atoms with van der Waals surface area (Å²) in [6, 6.07) is 6.26. The molecule has 22 heavy (non-hydrogen) atoms. The summed E-state index contributed by atoms with van der Waals surface area (Å²) in [4.78, 5) is 18.8. The van der Waals surface area contributed by atoms with Crippen molar-refractivity contribution in [2.24, 2.45) is 0 Å². The Morgan fingerprint density at radius 3 is 2.73 bits per heavy atom. The average Bonchev–Trinajstić information content (AvgIpc) is 2.97. The Morgan fingerprint density at radius 1 is 1.32 bits per heavy atom. The third kappa shape index (κ3) is 3.05. The van der Waals surface area contributed by atoms with Gasteiger partial charge in [0.15, 0.2) is 0 Å². The van der Waals surface area contributed by atoms with E-state index in [4.69, 9.17) is 0 Å². The van der Waals surface area contributed by atoms with E-state index in [0.29, 0.717) is 31.6 Å². The first-order valence-electron chi connectivity index (χ1n) is 7.55. The normalized spacial score (nSPS) is 16.0. The molecule has 0 radical (unpaired) electrons. The molecule has 1 aliphatic rings. The van der Waals surface area contributed by atoms with Crippen molar-refractivity contribution in [2.75, 3.05) is 13.1 Å². The highest BCUT2D eigenvalue weighted by Gasteiger charge is 2.24. The number of carbonyl (C=O) groups is 1. The fourth-order valence-corrected chi connectivity index (χ4v) is 3.66. The van der Waals surface area contributed by atoms with Crippen LogP contribution < -0.4 is 0 Å². The van der Waals surface area contributed by atoms with Gasteiger partial charge in [0, 0.05) is 24.0 Å². The Hall–Kier alpha value is -1.72. The molecule has 5 heteroatoms. The summed E-state index contributed by atoms with van der Waals surface area (Å²) in [5, 5.41) is 12.3. The third-order valence-corrected chi connectivity index (χ3v) is 4.96. The third-order valence-electron chi connectivity index (χ3n) is 4.09. The Bertz CT molecular complexity index is 688. The van der Waals surface area contributed by atoms with Crippen molar-refractivity contribution < 1.29 is 9.90 Å². The first-order chi connectivity index (χ1) is 10.5. The van der Waals surface area contributed by atoms with Gasteiger partial charge in [0.25, 0.3) is 5.91 Å². The first-order valence-corrected chi connectivity index (χ1v) is 8.43. The minimum atomic E-state index is -0.273. The summed E-state index contributed by atoms with van der Waals surface area (Å²) in [7, 11) is 0. The molecular formula is C17H20N2O2S. The molecule has 0 bridgehead atoms. The number of nitrogens with zero attached hydrogens (tertiary/aromatic N) is 2. The molecule has 3 rings (SSSR count). The summed E-state index contributed by atoms with van der Waals surface area (Å²) >= 11 is 1.51. The fourth-order valence-electron chi connectivity index (χ4n) is 2.78. The van der Waals surface area contributed by atoms with Gasteiger partial charge in [-0.3, -0.25) is 4.79 Å². The van der Waals surface area contributed by atoms with Gasteiger partial charge in [-0.15, -0.1) is 11.3 Å². The molecule has 0 atom stereocenters. The maximum absolute atomic E-state index is 12.5. The molecule has 0 spiro atoms. The minimum Gasteiger partial charge on any atom is -0.393 e. The number of aliphatic hydroxyl groups is 1. The molecule has 1 aliphatic heterocycles. The summed E-state index contributed by atoms with van der Waals surface area (Å²) in [5.41, 5.74) is 4.00. The second-order valence-electron chi connectivity index (χ2n) is 5.88. The van der Waals surface area contributed by atoms with Crippen molar-refractivity contribution in [2.45, 2.75) is 32.8 Å². The second-order valence-corrected chi connectivity index (χ2v) is 6.74. The van der Waals surface area contributed by atoms with Crippen LogP contribution >= 0.6 is 11.3 Å². The van der Waals surface area contributed by atoms with Gasteiger partial charge in [0.2, 0.25) is 0 Å². The lowest BCUT2D eigenvalue weighted by Crippen LogP contribution is -2.40. The van der Waals surface area contributed by atoms with E-state index in [1.54, 1.807) is 4.90 Å². The van der Waals surface area contributed by atoms with Gasteiger partial charge in [0.1, 0.15) is 10.7 Å². The van der Waals surface area contributed by atoms with Gasteiger partial charge in [0.05, 0.1) is 6.10 Å². The highest BCUT2D eigenvalue weighted by Crippen LogP contribution is 2.28. The Balaban J connectivity index is 1.80. The first kappa shape index (κ1) is 15.2. The maximum atomic E-state index is 12.5. The number of piperidine rings is 1. The largest absolute Gasteiger partial charge is 0.393 e. The Kier molecular flexibility index (Phi) is 4.27. The van der Waals surface area contributed by atoms with Crippen LogP contribution in [0.4, 0.5) is 0 Å². The van der Waals surface area contributed by atoms with E-state index in [0.717, 1.165) is 10.6 Å². The average molecular weight is 316 g/mol. The predicted octanol–water partition coefficient (Wildman–Crippen LogP) is 3.02. The summed E-state index contributed by atoms with van der Waals surface area (Å²) in [6.45, 7) is 5.35. The monoisotopic (exact) mass is 316 g/mol. The van der Waals surface area contributed by atoms with Gasteiger partial charge < -0.3 is 10.0 Å². The number of benzene rings is 1. The molecule has 0 saturated carbocycles. The summed E-state index contributed by atoms with van der Waals surface area (Å²) < 4.78 is 0. The number of aliphatic hydroxyl groups excluding tert-OH is 1. The number of carbonyl (C=O) groups excluding carboxylic acids is 1. The van der Waals surface area contributed by atoms with Crippen LogP contribution in [0.3, 0.4) is 0 Å². The van der Waals surface area contributed by atoms with Crippen molar-refractivity contribution in [3.05, 3.63) is 40.4 Å². The van der Waals surface area contributed by atoms with E-state index < -0.39 is 0 Å². The topological polar surface area (TPSA) is 53.4 Å². The van der Waals surface area contributed by atoms with Crippen molar-refractivity contribution in [1.82, 2.24) is 9.88 Å². The molecular weight excluding hydrogens is 296 g/mol. The predicted molar refractivity (Wildman–Crippen MR) is 88.2 cm³/mol. The molecule has 1 N–H and O–H groups in total. The van der Waals surface area contributed by atoms with Crippen molar-refractivity contribution >= 4 is 17.2 Å². The van der Waals surface area contributed by atoms with Gasteiger partial charge in [-0.05, 0) is 32.3 Å². The smallest absolute Gasteiger partial charge is 0.273 e. The molecule has 1 aromatic heterocycles. The minimum absolute atomic E-state index is 0.0286. The van der Waals surface area contributed by atoms with E-state index >= 15 is 0 Å². The van der Waals surface area contributed by atoms with E-state index in [2.05, 4.69) is 37.0 Å². The molecule has 1 aromatic carbocycles. The number of thiazole rings is 1. The number of hydrogen-bond donors (Lipinski definition) is 1. The van der Waals surface area contributed by atoms with Gasteiger partial charge >= 0.3 is 0 Å². The number of rotatable bonds is 2.